The SMILES string of the molecule is CSC(C)(C)CNc1cccc(C)c1[N+](=O)[O-]. The van der Waals surface area contributed by atoms with E-state index in [1.807, 2.05) is 12.3 Å². The first kappa shape index (κ1) is 13.8. The lowest BCUT2D eigenvalue weighted by molar-refractivity contribution is -0.384. The van der Waals surface area contributed by atoms with Crippen molar-refractivity contribution in [3.8, 4) is 0 Å². The van der Waals surface area contributed by atoms with E-state index < -0.39 is 0 Å². The van der Waals surface area contributed by atoms with Crippen LogP contribution < -0.4 is 5.32 Å². The number of nitrogens with zero attached hydrogens (tertiary/aromatic N) is 1. The molecule has 0 aliphatic heterocycles. The Morgan fingerprint density at radius 1 is 1.47 bits per heavy atom. The summed E-state index contributed by atoms with van der Waals surface area (Å²) in [5.41, 5.74) is 1.45. The van der Waals surface area contributed by atoms with Crippen LogP contribution >= 0.6 is 11.8 Å². The summed E-state index contributed by atoms with van der Waals surface area (Å²) in [6.07, 6.45) is 2.03. The molecular weight excluding hydrogens is 236 g/mol. The minimum Gasteiger partial charge on any atom is -0.378 e. The zero-order chi connectivity index (χ0) is 13.1. The van der Waals surface area contributed by atoms with Crippen LogP contribution in [-0.4, -0.2) is 22.5 Å². The predicted molar refractivity (Wildman–Crippen MR) is 73.9 cm³/mol. The van der Waals surface area contributed by atoms with Gasteiger partial charge in [-0.3, -0.25) is 10.1 Å². The molecule has 0 radical (unpaired) electrons. The monoisotopic (exact) mass is 254 g/mol. The molecule has 0 fully saturated rings. The molecule has 0 aliphatic rings. The molecular formula is C12H18N2O2S. The van der Waals surface area contributed by atoms with Crippen LogP contribution in [0.4, 0.5) is 11.4 Å². The standard InChI is InChI=1S/C12H18N2O2S/c1-9-6-5-7-10(11(9)14(15)16)13-8-12(2,3)17-4/h5-7,13H,8H2,1-4H3. The summed E-state index contributed by atoms with van der Waals surface area (Å²) in [6, 6.07) is 5.33. The molecule has 94 valence electrons. The highest BCUT2D eigenvalue weighted by molar-refractivity contribution is 7.99. The molecule has 0 aromatic heterocycles. The smallest absolute Gasteiger partial charge is 0.295 e. The Hall–Kier alpha value is -1.23. The van der Waals surface area contributed by atoms with Gasteiger partial charge in [-0.15, -0.1) is 0 Å². The number of para-hydroxylation sites is 1. The largest absolute Gasteiger partial charge is 0.378 e. The van der Waals surface area contributed by atoms with E-state index in [1.54, 1.807) is 30.8 Å². The van der Waals surface area contributed by atoms with Crippen LogP contribution in [0.25, 0.3) is 0 Å². The van der Waals surface area contributed by atoms with Crippen molar-refractivity contribution < 1.29 is 4.92 Å². The van der Waals surface area contributed by atoms with Crippen molar-refractivity contribution in [2.45, 2.75) is 25.5 Å². The summed E-state index contributed by atoms with van der Waals surface area (Å²) in [4.78, 5) is 10.7. The first-order valence-electron chi connectivity index (χ1n) is 5.40. The maximum Gasteiger partial charge on any atom is 0.295 e. The van der Waals surface area contributed by atoms with Crippen molar-refractivity contribution in [1.29, 1.82) is 0 Å². The quantitative estimate of drug-likeness (QED) is 0.646. The van der Waals surface area contributed by atoms with E-state index in [0.29, 0.717) is 17.8 Å². The Morgan fingerprint density at radius 2 is 2.12 bits per heavy atom. The van der Waals surface area contributed by atoms with Gasteiger partial charge in [0.2, 0.25) is 0 Å². The lowest BCUT2D eigenvalue weighted by Crippen LogP contribution is -2.26. The van der Waals surface area contributed by atoms with Crippen LogP contribution in [0, 0.1) is 17.0 Å². The molecule has 0 aliphatic carbocycles. The van der Waals surface area contributed by atoms with Crippen molar-refractivity contribution in [3.05, 3.63) is 33.9 Å². The van der Waals surface area contributed by atoms with Gasteiger partial charge >= 0.3 is 0 Å². The molecule has 0 unspecified atom stereocenters. The minimum absolute atomic E-state index is 0.0532. The minimum atomic E-state index is -0.330. The fourth-order valence-corrected chi connectivity index (χ4v) is 1.64. The van der Waals surface area contributed by atoms with Gasteiger partial charge in [0.05, 0.1) is 4.92 Å². The lowest BCUT2D eigenvalue weighted by atomic mass is 10.1. The van der Waals surface area contributed by atoms with Gasteiger partial charge in [0, 0.05) is 16.9 Å². The fourth-order valence-electron chi connectivity index (χ4n) is 1.42. The molecule has 0 saturated carbocycles. The van der Waals surface area contributed by atoms with Gasteiger partial charge in [-0.05, 0) is 33.1 Å². The maximum atomic E-state index is 11.0. The summed E-state index contributed by atoms with van der Waals surface area (Å²) in [7, 11) is 0. The summed E-state index contributed by atoms with van der Waals surface area (Å²) >= 11 is 1.73. The van der Waals surface area contributed by atoms with Gasteiger partial charge in [0.1, 0.15) is 5.69 Å². The molecule has 1 aromatic carbocycles. The number of nitrogens with one attached hydrogen (secondary N) is 1. The van der Waals surface area contributed by atoms with Gasteiger partial charge in [-0.25, -0.2) is 0 Å². The van der Waals surface area contributed by atoms with Crippen molar-refractivity contribution in [3.63, 3.8) is 0 Å². The van der Waals surface area contributed by atoms with Crippen LogP contribution in [-0.2, 0) is 0 Å². The first-order chi connectivity index (χ1) is 7.87. The molecule has 0 heterocycles. The number of hydrogen-bond donors (Lipinski definition) is 1. The summed E-state index contributed by atoms with van der Waals surface area (Å²) in [6.45, 7) is 6.65. The molecule has 17 heavy (non-hydrogen) atoms. The van der Waals surface area contributed by atoms with E-state index in [-0.39, 0.29) is 15.4 Å². The fraction of sp³-hybridized carbons (Fsp3) is 0.500. The molecule has 4 nitrogen and oxygen atoms in total. The van der Waals surface area contributed by atoms with Crippen molar-refractivity contribution >= 4 is 23.1 Å². The number of thioether (sulfide) groups is 1. The number of hydrogen-bond acceptors (Lipinski definition) is 4. The number of nitro benzene ring substituents is 1. The zero-order valence-electron chi connectivity index (χ0n) is 10.6. The normalized spacial score (nSPS) is 11.3. The first-order valence-corrected chi connectivity index (χ1v) is 6.63. The lowest BCUT2D eigenvalue weighted by Gasteiger charge is -2.23. The molecule has 0 bridgehead atoms. The summed E-state index contributed by atoms with van der Waals surface area (Å²) in [5, 5.41) is 14.2. The molecule has 5 heteroatoms. The topological polar surface area (TPSA) is 55.2 Å². The third kappa shape index (κ3) is 3.63. The van der Waals surface area contributed by atoms with Gasteiger partial charge in [-0.1, -0.05) is 12.1 Å². The zero-order valence-corrected chi connectivity index (χ0v) is 11.4. The number of benzene rings is 1. The molecule has 0 atom stereocenters. The number of nitro groups is 1. The Morgan fingerprint density at radius 3 is 2.65 bits per heavy atom. The van der Waals surface area contributed by atoms with E-state index in [9.17, 15) is 10.1 Å². The van der Waals surface area contributed by atoms with Gasteiger partial charge in [-0.2, -0.15) is 11.8 Å². The van der Waals surface area contributed by atoms with E-state index in [4.69, 9.17) is 0 Å². The second-order valence-corrected chi connectivity index (χ2v) is 6.06. The Balaban J connectivity index is 2.92. The Kier molecular flexibility index (Phi) is 4.40. The van der Waals surface area contributed by atoms with E-state index >= 15 is 0 Å². The Labute approximate surface area is 106 Å². The van der Waals surface area contributed by atoms with E-state index in [0.717, 1.165) is 0 Å². The van der Waals surface area contributed by atoms with Crippen molar-refractivity contribution in [2.24, 2.45) is 0 Å². The second kappa shape index (κ2) is 5.40. The summed E-state index contributed by atoms with van der Waals surface area (Å²) in [5.74, 6) is 0. The number of anilines is 1. The highest BCUT2D eigenvalue weighted by Crippen LogP contribution is 2.29. The van der Waals surface area contributed by atoms with E-state index in [2.05, 4.69) is 19.2 Å². The summed E-state index contributed by atoms with van der Waals surface area (Å²) < 4.78 is 0.0532. The molecule has 1 rings (SSSR count). The van der Waals surface area contributed by atoms with Crippen LogP contribution in [0.2, 0.25) is 0 Å². The van der Waals surface area contributed by atoms with Gasteiger partial charge < -0.3 is 5.32 Å². The third-order valence-corrected chi connectivity index (χ3v) is 3.93. The average molecular weight is 254 g/mol. The molecule has 0 saturated heterocycles. The molecule has 1 N–H and O–H groups in total. The van der Waals surface area contributed by atoms with Gasteiger partial charge in [0.25, 0.3) is 5.69 Å². The van der Waals surface area contributed by atoms with Crippen LogP contribution in [0.1, 0.15) is 19.4 Å². The Bertz CT molecular complexity index is 419. The van der Waals surface area contributed by atoms with Crippen molar-refractivity contribution in [1.82, 2.24) is 0 Å². The number of rotatable bonds is 5. The highest BCUT2D eigenvalue weighted by atomic mass is 32.2. The average Bonchev–Trinajstić information content (AvgIpc) is 2.26. The van der Waals surface area contributed by atoms with E-state index in [1.165, 1.54) is 0 Å². The highest BCUT2D eigenvalue weighted by Gasteiger charge is 2.20. The molecule has 0 spiro atoms. The van der Waals surface area contributed by atoms with Gasteiger partial charge in [0.15, 0.2) is 0 Å². The van der Waals surface area contributed by atoms with Crippen LogP contribution in [0.3, 0.4) is 0 Å². The molecule has 1 aromatic rings. The van der Waals surface area contributed by atoms with Crippen LogP contribution in [0.15, 0.2) is 18.2 Å². The predicted octanol–water partition coefficient (Wildman–Crippen LogP) is 3.46. The third-order valence-electron chi connectivity index (χ3n) is 2.68. The number of aryl methyl sites for hydroxylation is 1. The second-order valence-electron chi connectivity index (χ2n) is 4.55. The van der Waals surface area contributed by atoms with Crippen LogP contribution in [0.5, 0.6) is 0 Å². The molecule has 0 amide bonds. The maximum absolute atomic E-state index is 11.0. The van der Waals surface area contributed by atoms with Crippen molar-refractivity contribution in [2.75, 3.05) is 18.1 Å².